The van der Waals surface area contributed by atoms with Crippen molar-refractivity contribution in [1.29, 1.82) is 0 Å². The van der Waals surface area contributed by atoms with Gasteiger partial charge in [0.25, 0.3) is 0 Å². The summed E-state index contributed by atoms with van der Waals surface area (Å²) in [7, 11) is 0. The molecule has 0 aliphatic heterocycles. The molecule has 1 aromatic heterocycles. The van der Waals surface area contributed by atoms with Gasteiger partial charge in [-0.1, -0.05) is 78.4 Å². The number of aromatic nitrogens is 1. The molecule has 142 valence electrons. The Hall–Kier alpha value is -3.44. The third-order valence-corrected chi connectivity index (χ3v) is 5.95. The van der Waals surface area contributed by atoms with Crippen molar-refractivity contribution in [1.82, 2.24) is 4.98 Å². The van der Waals surface area contributed by atoms with Gasteiger partial charge in [0.1, 0.15) is 10.6 Å². The van der Waals surface area contributed by atoms with Crippen LogP contribution < -0.4 is 0 Å². The molecule has 0 aliphatic carbocycles. The smallest absolute Gasteiger partial charge is 0.145 e. The molecule has 29 heavy (non-hydrogen) atoms. The molecule has 5 nitrogen and oxygen atoms in total. The van der Waals surface area contributed by atoms with E-state index < -0.39 is 5.60 Å². The number of thiazole rings is 1. The maximum absolute atomic E-state index is 11.7. The van der Waals surface area contributed by atoms with Gasteiger partial charge >= 0.3 is 0 Å². The first kappa shape index (κ1) is 18.9. The Balaban J connectivity index is 1.79. The molecule has 0 aliphatic rings. The summed E-state index contributed by atoms with van der Waals surface area (Å²) in [5.74, 6) is 0. The summed E-state index contributed by atoms with van der Waals surface area (Å²) in [6.07, 6.45) is 0.0571. The minimum atomic E-state index is -1.44. The molecular formula is C23H18N4OS. The summed E-state index contributed by atoms with van der Waals surface area (Å²) in [6.45, 7) is 3.80. The van der Waals surface area contributed by atoms with Gasteiger partial charge < -0.3 is 5.11 Å². The lowest BCUT2D eigenvalue weighted by Crippen LogP contribution is -2.27. The van der Waals surface area contributed by atoms with Crippen molar-refractivity contribution >= 4 is 21.6 Å². The van der Waals surface area contributed by atoms with Crippen LogP contribution in [0.3, 0.4) is 0 Å². The molecule has 0 saturated carbocycles. The van der Waals surface area contributed by atoms with Crippen LogP contribution in [-0.4, -0.2) is 10.1 Å². The van der Waals surface area contributed by atoms with Crippen molar-refractivity contribution in [3.8, 4) is 11.1 Å². The lowest BCUT2D eigenvalue weighted by atomic mass is 9.88. The van der Waals surface area contributed by atoms with Gasteiger partial charge in [0, 0.05) is 17.0 Å². The zero-order valence-corrected chi connectivity index (χ0v) is 16.4. The number of hydrogen-bond acceptors (Lipinski definition) is 4. The molecular weight excluding hydrogens is 380 g/mol. The van der Waals surface area contributed by atoms with E-state index in [9.17, 15) is 5.11 Å². The van der Waals surface area contributed by atoms with E-state index in [0.717, 1.165) is 21.3 Å². The van der Waals surface area contributed by atoms with Crippen molar-refractivity contribution in [3.63, 3.8) is 0 Å². The third kappa shape index (κ3) is 3.77. The molecule has 1 heterocycles. The predicted molar refractivity (Wildman–Crippen MR) is 117 cm³/mol. The van der Waals surface area contributed by atoms with Crippen LogP contribution in [0.15, 0.2) is 96.3 Å². The van der Waals surface area contributed by atoms with Gasteiger partial charge in [0.2, 0.25) is 0 Å². The Bertz CT molecular complexity index is 1180. The van der Waals surface area contributed by atoms with Crippen LogP contribution in [0.1, 0.15) is 17.0 Å². The third-order valence-electron chi connectivity index (χ3n) is 4.76. The van der Waals surface area contributed by atoms with Crippen LogP contribution in [0, 0.1) is 0 Å². The number of hydrogen-bond donors (Lipinski definition) is 1. The van der Waals surface area contributed by atoms with E-state index in [1.54, 1.807) is 0 Å². The number of aliphatic hydroxyl groups is 1. The molecule has 0 amide bonds. The highest BCUT2D eigenvalue weighted by atomic mass is 32.1. The molecule has 0 spiro atoms. The number of rotatable bonds is 6. The average Bonchev–Trinajstić information content (AvgIpc) is 3.20. The molecule has 4 rings (SSSR count). The van der Waals surface area contributed by atoms with Gasteiger partial charge in [0.15, 0.2) is 0 Å². The van der Waals surface area contributed by atoms with E-state index in [1.165, 1.54) is 11.3 Å². The maximum atomic E-state index is 11.7. The van der Waals surface area contributed by atoms with Crippen molar-refractivity contribution in [2.45, 2.75) is 12.0 Å². The van der Waals surface area contributed by atoms with Crippen LogP contribution in [0.2, 0.25) is 0 Å². The second kappa shape index (κ2) is 7.89. The van der Waals surface area contributed by atoms with E-state index in [0.29, 0.717) is 10.6 Å². The molecule has 3 aromatic carbocycles. The Labute approximate surface area is 172 Å². The zero-order valence-electron chi connectivity index (χ0n) is 15.6. The molecule has 0 saturated heterocycles. The summed E-state index contributed by atoms with van der Waals surface area (Å²) >= 11 is 1.42. The molecule has 1 N–H and O–H groups in total. The van der Waals surface area contributed by atoms with Gasteiger partial charge in [0.05, 0.1) is 10.2 Å². The summed E-state index contributed by atoms with van der Waals surface area (Å²) in [5, 5.41) is 15.8. The standard InChI is InChI=1S/C23H18N4OS/c1-16(26-27-24)15-23(28,22-25-20-9-5-6-10-21(20)29-22)19-13-11-18(12-14-19)17-7-3-2-4-8-17/h2-14,28H,1,15H2. The van der Waals surface area contributed by atoms with Gasteiger partial charge in [-0.3, -0.25) is 0 Å². The average molecular weight is 398 g/mol. The number of fused-ring (bicyclic) bond motifs is 1. The van der Waals surface area contributed by atoms with Gasteiger partial charge in [-0.2, -0.15) is 0 Å². The number of azide groups is 1. The van der Waals surface area contributed by atoms with Crippen LogP contribution in [0.5, 0.6) is 0 Å². The first-order valence-corrected chi connectivity index (χ1v) is 9.89. The summed E-state index contributed by atoms with van der Waals surface area (Å²) in [6, 6.07) is 25.5. The molecule has 1 atom stereocenters. The monoisotopic (exact) mass is 398 g/mol. The van der Waals surface area contributed by atoms with Crippen molar-refractivity contribution in [2.75, 3.05) is 0 Å². The topological polar surface area (TPSA) is 81.9 Å². The van der Waals surface area contributed by atoms with Crippen LogP contribution in [-0.2, 0) is 5.60 Å². The Morgan fingerprint density at radius 3 is 2.34 bits per heavy atom. The Morgan fingerprint density at radius 2 is 1.66 bits per heavy atom. The SMILES string of the molecule is C=C(CC(O)(c1ccc(-c2ccccc2)cc1)c1nc2ccccc2s1)N=[N+]=[N-]. The normalized spacial score (nSPS) is 12.9. The van der Waals surface area contributed by atoms with E-state index in [-0.39, 0.29) is 12.1 Å². The van der Waals surface area contributed by atoms with Crippen LogP contribution in [0.25, 0.3) is 31.8 Å². The minimum Gasteiger partial charge on any atom is -0.378 e. The van der Waals surface area contributed by atoms with Crippen molar-refractivity contribution in [2.24, 2.45) is 5.11 Å². The maximum Gasteiger partial charge on any atom is 0.145 e. The second-order valence-corrected chi connectivity index (χ2v) is 7.75. The number of para-hydroxylation sites is 1. The second-order valence-electron chi connectivity index (χ2n) is 6.72. The molecule has 0 bridgehead atoms. The fourth-order valence-corrected chi connectivity index (χ4v) is 4.39. The van der Waals surface area contributed by atoms with E-state index in [2.05, 4.69) is 21.6 Å². The van der Waals surface area contributed by atoms with E-state index in [1.807, 2.05) is 78.9 Å². The molecule has 0 radical (unpaired) electrons. The Morgan fingerprint density at radius 1 is 1.00 bits per heavy atom. The molecule has 6 heteroatoms. The van der Waals surface area contributed by atoms with Crippen LogP contribution >= 0.6 is 11.3 Å². The van der Waals surface area contributed by atoms with E-state index >= 15 is 0 Å². The molecule has 0 fully saturated rings. The zero-order chi connectivity index (χ0) is 20.3. The Kier molecular flexibility index (Phi) is 5.14. The van der Waals surface area contributed by atoms with Gasteiger partial charge in [-0.05, 0) is 34.4 Å². The van der Waals surface area contributed by atoms with Crippen molar-refractivity contribution < 1.29 is 5.11 Å². The summed E-state index contributed by atoms with van der Waals surface area (Å²) < 4.78 is 0.983. The number of benzene rings is 3. The summed E-state index contributed by atoms with van der Waals surface area (Å²) in [4.78, 5) is 7.45. The van der Waals surface area contributed by atoms with E-state index in [4.69, 9.17) is 5.53 Å². The van der Waals surface area contributed by atoms with Crippen LogP contribution in [0.4, 0.5) is 0 Å². The highest BCUT2D eigenvalue weighted by molar-refractivity contribution is 7.18. The fraction of sp³-hybridized carbons (Fsp3) is 0.0870. The highest BCUT2D eigenvalue weighted by Crippen LogP contribution is 2.40. The first-order valence-electron chi connectivity index (χ1n) is 9.07. The quantitative estimate of drug-likeness (QED) is 0.231. The fourth-order valence-electron chi connectivity index (χ4n) is 3.31. The summed E-state index contributed by atoms with van der Waals surface area (Å²) in [5.41, 5.74) is 11.2. The van der Waals surface area contributed by atoms with Crippen molar-refractivity contribution in [3.05, 3.63) is 112 Å². The number of nitrogens with zero attached hydrogens (tertiary/aromatic N) is 4. The largest absolute Gasteiger partial charge is 0.378 e. The minimum absolute atomic E-state index is 0.0571. The molecule has 4 aromatic rings. The first-order chi connectivity index (χ1) is 14.1. The lowest BCUT2D eigenvalue weighted by Gasteiger charge is -2.27. The predicted octanol–water partition coefficient (Wildman–Crippen LogP) is 6.41. The van der Waals surface area contributed by atoms with Gasteiger partial charge in [-0.15, -0.1) is 11.3 Å². The highest BCUT2D eigenvalue weighted by Gasteiger charge is 2.35. The van der Waals surface area contributed by atoms with Gasteiger partial charge in [-0.25, -0.2) is 4.98 Å². The lowest BCUT2D eigenvalue weighted by molar-refractivity contribution is 0.0808. The molecule has 1 unspecified atom stereocenters.